The number of aryl methyl sites for hydroxylation is 1. The van der Waals surface area contributed by atoms with Gasteiger partial charge < -0.3 is 4.57 Å². The van der Waals surface area contributed by atoms with Gasteiger partial charge in [0.25, 0.3) is 0 Å². The summed E-state index contributed by atoms with van der Waals surface area (Å²) in [5, 5.41) is 4.59. The maximum absolute atomic E-state index is 12.1. The first-order chi connectivity index (χ1) is 8.22. The van der Waals surface area contributed by atoms with Crippen LogP contribution in [0.2, 0.25) is 0 Å². The van der Waals surface area contributed by atoms with Gasteiger partial charge in [-0.3, -0.25) is 4.79 Å². The van der Waals surface area contributed by atoms with E-state index in [1.54, 1.807) is 6.07 Å². The highest BCUT2D eigenvalue weighted by molar-refractivity contribution is 6.13. The SMILES string of the molecule is Cn1cc2c3c(cccc31)C(=O)C(N=[N+]=[N-])C2. The second-order valence-electron chi connectivity index (χ2n) is 4.25. The molecule has 0 saturated carbocycles. The highest BCUT2D eigenvalue weighted by atomic mass is 16.1. The minimum absolute atomic E-state index is 0.0768. The number of nitrogens with zero attached hydrogens (tertiary/aromatic N) is 4. The number of Topliss-reactive ketones (excluding diaryl/α,β-unsaturated/α-hetero) is 1. The summed E-state index contributed by atoms with van der Waals surface area (Å²) in [4.78, 5) is 14.9. The highest BCUT2D eigenvalue weighted by Crippen LogP contribution is 2.31. The van der Waals surface area contributed by atoms with Crippen LogP contribution in [0.1, 0.15) is 15.9 Å². The first-order valence-electron chi connectivity index (χ1n) is 5.37. The zero-order valence-corrected chi connectivity index (χ0v) is 9.29. The highest BCUT2D eigenvalue weighted by Gasteiger charge is 2.29. The quantitative estimate of drug-likeness (QED) is 0.418. The third kappa shape index (κ3) is 1.26. The van der Waals surface area contributed by atoms with E-state index in [-0.39, 0.29) is 5.78 Å². The molecule has 1 aliphatic rings. The van der Waals surface area contributed by atoms with Crippen LogP contribution >= 0.6 is 0 Å². The van der Waals surface area contributed by atoms with Crippen molar-refractivity contribution in [2.45, 2.75) is 12.5 Å². The zero-order valence-electron chi connectivity index (χ0n) is 9.29. The largest absolute Gasteiger partial charge is 0.350 e. The molecule has 1 aliphatic carbocycles. The number of azide groups is 1. The molecule has 1 unspecified atom stereocenters. The van der Waals surface area contributed by atoms with E-state index >= 15 is 0 Å². The van der Waals surface area contributed by atoms with Crippen molar-refractivity contribution in [3.05, 3.63) is 46.0 Å². The lowest BCUT2D eigenvalue weighted by molar-refractivity contribution is 0.0960. The van der Waals surface area contributed by atoms with E-state index in [9.17, 15) is 4.79 Å². The Bertz CT molecular complexity index is 679. The van der Waals surface area contributed by atoms with Gasteiger partial charge in [-0.2, -0.15) is 0 Å². The molecule has 0 fully saturated rings. The number of carbonyl (C=O) groups is 1. The van der Waals surface area contributed by atoms with Crippen molar-refractivity contribution in [3.63, 3.8) is 0 Å². The van der Waals surface area contributed by atoms with Crippen molar-refractivity contribution in [1.29, 1.82) is 0 Å². The van der Waals surface area contributed by atoms with Crippen LogP contribution in [0.5, 0.6) is 0 Å². The number of ketones is 1. The normalized spacial score (nSPS) is 18.2. The minimum Gasteiger partial charge on any atom is -0.350 e. The minimum atomic E-state index is -0.597. The Balaban J connectivity index is 2.33. The number of hydrogen-bond donors (Lipinski definition) is 0. The van der Waals surface area contributed by atoms with Crippen molar-refractivity contribution in [2.75, 3.05) is 0 Å². The summed E-state index contributed by atoms with van der Waals surface area (Å²) in [6.07, 6.45) is 2.50. The molecule has 1 atom stereocenters. The van der Waals surface area contributed by atoms with Gasteiger partial charge in [-0.05, 0) is 23.6 Å². The standard InChI is InChI=1S/C12H10N4O/c1-16-6-7-5-9(14-15-13)12(17)8-3-2-4-10(16)11(7)8/h2-4,6,9H,5H2,1H3. The lowest BCUT2D eigenvalue weighted by Crippen LogP contribution is -2.24. The topological polar surface area (TPSA) is 70.8 Å². The summed E-state index contributed by atoms with van der Waals surface area (Å²) in [6, 6.07) is 5.05. The van der Waals surface area contributed by atoms with Gasteiger partial charge in [-0.1, -0.05) is 17.2 Å². The van der Waals surface area contributed by atoms with Crippen molar-refractivity contribution in [3.8, 4) is 0 Å². The summed E-state index contributed by atoms with van der Waals surface area (Å²) < 4.78 is 2.00. The number of carbonyl (C=O) groups excluding carboxylic acids is 1. The third-order valence-corrected chi connectivity index (χ3v) is 3.27. The first-order valence-corrected chi connectivity index (χ1v) is 5.37. The molecule has 17 heavy (non-hydrogen) atoms. The maximum Gasteiger partial charge on any atom is 0.172 e. The fourth-order valence-corrected chi connectivity index (χ4v) is 2.54. The molecule has 0 amide bonds. The average molecular weight is 226 g/mol. The Labute approximate surface area is 97.3 Å². The number of aromatic nitrogens is 1. The maximum atomic E-state index is 12.1. The van der Waals surface area contributed by atoms with Crippen molar-refractivity contribution < 1.29 is 4.79 Å². The zero-order chi connectivity index (χ0) is 12.0. The molecule has 5 nitrogen and oxygen atoms in total. The lowest BCUT2D eigenvalue weighted by Gasteiger charge is -2.16. The van der Waals surface area contributed by atoms with E-state index in [0.717, 1.165) is 16.5 Å². The van der Waals surface area contributed by atoms with Gasteiger partial charge in [0.1, 0.15) is 6.04 Å². The summed E-state index contributed by atoms with van der Waals surface area (Å²) in [7, 11) is 1.95. The summed E-state index contributed by atoms with van der Waals surface area (Å²) >= 11 is 0. The van der Waals surface area contributed by atoms with Crippen molar-refractivity contribution >= 4 is 16.7 Å². The van der Waals surface area contributed by atoms with E-state index in [0.29, 0.717) is 12.0 Å². The van der Waals surface area contributed by atoms with Crippen LogP contribution in [-0.2, 0) is 13.5 Å². The lowest BCUT2D eigenvalue weighted by atomic mass is 9.89. The Morgan fingerprint density at radius 2 is 2.35 bits per heavy atom. The Kier molecular flexibility index (Phi) is 1.97. The van der Waals surface area contributed by atoms with Gasteiger partial charge in [0.15, 0.2) is 5.78 Å². The molecule has 1 heterocycles. The average Bonchev–Trinajstić information content (AvgIpc) is 2.64. The number of benzene rings is 1. The molecule has 5 heteroatoms. The molecule has 0 aliphatic heterocycles. The summed E-state index contributed by atoms with van der Waals surface area (Å²) in [5.74, 6) is -0.0768. The number of rotatable bonds is 1. The molecule has 1 aromatic heterocycles. The van der Waals surface area contributed by atoms with Crippen LogP contribution in [0.15, 0.2) is 29.5 Å². The monoisotopic (exact) mass is 226 g/mol. The summed E-state index contributed by atoms with van der Waals surface area (Å²) in [5.41, 5.74) is 11.3. The molecular formula is C12H10N4O. The van der Waals surface area contributed by atoms with Gasteiger partial charge >= 0.3 is 0 Å². The van der Waals surface area contributed by atoms with Crippen LogP contribution in [-0.4, -0.2) is 16.4 Å². The third-order valence-electron chi connectivity index (χ3n) is 3.27. The molecule has 0 spiro atoms. The summed E-state index contributed by atoms with van der Waals surface area (Å²) in [6.45, 7) is 0. The molecule has 0 N–H and O–H groups in total. The van der Waals surface area contributed by atoms with E-state index in [2.05, 4.69) is 10.0 Å². The first kappa shape index (κ1) is 9.93. The molecule has 2 aromatic rings. The van der Waals surface area contributed by atoms with Gasteiger partial charge in [0.2, 0.25) is 0 Å². The molecule has 0 radical (unpaired) electrons. The fourth-order valence-electron chi connectivity index (χ4n) is 2.54. The molecule has 0 saturated heterocycles. The molecule has 84 valence electrons. The van der Waals surface area contributed by atoms with Crippen LogP contribution in [0.25, 0.3) is 21.3 Å². The second-order valence-corrected chi connectivity index (χ2v) is 4.25. The van der Waals surface area contributed by atoms with E-state index in [4.69, 9.17) is 5.53 Å². The van der Waals surface area contributed by atoms with E-state index in [1.807, 2.05) is 29.9 Å². The predicted octanol–water partition coefficient (Wildman–Crippen LogP) is 2.60. The molecule has 1 aromatic carbocycles. The van der Waals surface area contributed by atoms with Crippen molar-refractivity contribution in [1.82, 2.24) is 4.57 Å². The Morgan fingerprint density at radius 3 is 3.12 bits per heavy atom. The molecule has 0 bridgehead atoms. The second kappa shape index (κ2) is 3.37. The van der Waals surface area contributed by atoms with Gasteiger partial charge in [-0.25, -0.2) is 0 Å². The van der Waals surface area contributed by atoms with Crippen LogP contribution in [0.3, 0.4) is 0 Å². The predicted molar refractivity (Wildman–Crippen MR) is 63.9 cm³/mol. The molecule has 3 rings (SSSR count). The van der Waals surface area contributed by atoms with E-state index < -0.39 is 6.04 Å². The Hall–Kier alpha value is -2.26. The molecular weight excluding hydrogens is 216 g/mol. The van der Waals surface area contributed by atoms with Gasteiger partial charge in [0, 0.05) is 34.6 Å². The van der Waals surface area contributed by atoms with Gasteiger partial charge in [0.05, 0.1) is 0 Å². The van der Waals surface area contributed by atoms with Crippen LogP contribution < -0.4 is 0 Å². The fraction of sp³-hybridized carbons (Fsp3) is 0.250. The smallest absolute Gasteiger partial charge is 0.172 e. The van der Waals surface area contributed by atoms with Crippen molar-refractivity contribution in [2.24, 2.45) is 12.2 Å². The van der Waals surface area contributed by atoms with E-state index in [1.165, 1.54) is 0 Å². The Morgan fingerprint density at radius 1 is 1.53 bits per heavy atom. The van der Waals surface area contributed by atoms with Crippen LogP contribution in [0, 0.1) is 0 Å². The van der Waals surface area contributed by atoms with Gasteiger partial charge in [-0.15, -0.1) is 0 Å². The van der Waals surface area contributed by atoms with Crippen LogP contribution in [0.4, 0.5) is 0 Å². The number of hydrogen-bond acceptors (Lipinski definition) is 2.